The normalized spacial score (nSPS) is 32.8. The molecule has 2 atom stereocenters. The van der Waals surface area contributed by atoms with Crippen LogP contribution in [0.15, 0.2) is 47.6 Å². The van der Waals surface area contributed by atoms with Crippen LogP contribution in [-0.4, -0.2) is 11.2 Å². The molecule has 0 bridgehead atoms. The van der Waals surface area contributed by atoms with E-state index in [4.69, 9.17) is 0 Å². The number of allylic oxidation sites excluding steroid dienone is 6. The zero-order valence-corrected chi connectivity index (χ0v) is 14.2. The van der Waals surface area contributed by atoms with Gasteiger partial charge in [-0.3, -0.25) is 0 Å². The van der Waals surface area contributed by atoms with Gasteiger partial charge in [0.2, 0.25) is 0 Å². The summed E-state index contributed by atoms with van der Waals surface area (Å²) < 4.78 is 0. The van der Waals surface area contributed by atoms with Gasteiger partial charge in [0.05, 0.1) is 6.10 Å². The molecule has 1 aliphatic rings. The van der Waals surface area contributed by atoms with Crippen molar-refractivity contribution >= 4 is 0 Å². The van der Waals surface area contributed by atoms with Crippen molar-refractivity contribution in [1.29, 1.82) is 0 Å². The second-order valence-electron chi connectivity index (χ2n) is 6.75. The van der Waals surface area contributed by atoms with Gasteiger partial charge in [-0.1, -0.05) is 55.9 Å². The largest absolute Gasteiger partial charge is 0.389 e. The fourth-order valence-corrected chi connectivity index (χ4v) is 2.63. The Bertz CT molecular complexity index is 423. The molecule has 118 valence electrons. The van der Waals surface area contributed by atoms with Gasteiger partial charge in [0, 0.05) is 0 Å². The second-order valence-corrected chi connectivity index (χ2v) is 6.75. The first-order valence-corrected chi connectivity index (χ1v) is 8.26. The Labute approximate surface area is 131 Å². The summed E-state index contributed by atoms with van der Waals surface area (Å²) in [5, 5.41) is 10.2. The summed E-state index contributed by atoms with van der Waals surface area (Å²) in [5.74, 6) is 1.17. The summed E-state index contributed by atoms with van der Waals surface area (Å²) in [6.07, 6.45) is 13.5. The minimum absolute atomic E-state index is 0.356. The van der Waals surface area contributed by atoms with Gasteiger partial charge in [0.1, 0.15) is 0 Å². The third-order valence-electron chi connectivity index (χ3n) is 4.45. The lowest BCUT2D eigenvalue weighted by Crippen LogP contribution is -2.12. The number of rotatable bonds is 1. The van der Waals surface area contributed by atoms with E-state index in [0.29, 0.717) is 11.8 Å². The molecule has 0 spiro atoms. The first kappa shape index (κ1) is 18.0. The molecule has 0 unspecified atom stereocenters. The van der Waals surface area contributed by atoms with E-state index in [-0.39, 0.29) is 6.10 Å². The first-order valence-electron chi connectivity index (χ1n) is 8.26. The van der Waals surface area contributed by atoms with Gasteiger partial charge in [-0.2, -0.15) is 0 Å². The van der Waals surface area contributed by atoms with Crippen LogP contribution in [0.25, 0.3) is 0 Å². The third-order valence-corrected chi connectivity index (χ3v) is 4.45. The quantitative estimate of drug-likeness (QED) is 0.624. The smallest absolute Gasteiger partial charge is 0.0750 e. The van der Waals surface area contributed by atoms with Gasteiger partial charge in [-0.05, 0) is 63.4 Å². The van der Waals surface area contributed by atoms with Gasteiger partial charge in [0.25, 0.3) is 0 Å². The van der Waals surface area contributed by atoms with Crippen LogP contribution < -0.4 is 0 Å². The lowest BCUT2D eigenvalue weighted by molar-refractivity contribution is 0.195. The molecular formula is C20H32O. The Kier molecular flexibility index (Phi) is 7.74. The van der Waals surface area contributed by atoms with Crippen LogP contribution in [0.5, 0.6) is 0 Å². The molecule has 0 aliphatic heterocycles. The lowest BCUT2D eigenvalue weighted by Gasteiger charge is -2.20. The first-order chi connectivity index (χ1) is 9.90. The molecule has 1 aliphatic carbocycles. The standard InChI is InChI=1S/C20H32O/c1-15(2)19-12-9-16(3)7-6-8-17(4)10-14-20(21)18(5)11-13-19/h7-9,12,15,19-21H,5-6,10-11,13-14H2,1-4H3/b12-9+,16-7-,17-8+/t19-,20-/m0/s1. The van der Waals surface area contributed by atoms with Gasteiger partial charge in [-0.25, -0.2) is 0 Å². The molecule has 0 aromatic heterocycles. The van der Waals surface area contributed by atoms with Crippen LogP contribution in [-0.2, 0) is 0 Å². The van der Waals surface area contributed by atoms with Crippen molar-refractivity contribution in [2.45, 2.75) is 65.9 Å². The molecule has 0 amide bonds. The van der Waals surface area contributed by atoms with Gasteiger partial charge in [-0.15, -0.1) is 0 Å². The zero-order valence-electron chi connectivity index (χ0n) is 14.2. The van der Waals surface area contributed by atoms with E-state index in [2.05, 4.69) is 58.6 Å². The fourth-order valence-electron chi connectivity index (χ4n) is 2.63. The maximum Gasteiger partial charge on any atom is 0.0750 e. The van der Waals surface area contributed by atoms with E-state index in [1.54, 1.807) is 0 Å². The lowest BCUT2D eigenvalue weighted by atomic mass is 9.87. The van der Waals surface area contributed by atoms with E-state index in [9.17, 15) is 5.11 Å². The zero-order chi connectivity index (χ0) is 15.8. The Morgan fingerprint density at radius 2 is 1.86 bits per heavy atom. The topological polar surface area (TPSA) is 20.2 Å². The highest BCUT2D eigenvalue weighted by Gasteiger charge is 2.14. The summed E-state index contributed by atoms with van der Waals surface area (Å²) in [6.45, 7) is 12.9. The fraction of sp³-hybridized carbons (Fsp3) is 0.600. The number of hydrogen-bond donors (Lipinski definition) is 1. The molecule has 0 saturated heterocycles. The monoisotopic (exact) mass is 288 g/mol. The summed E-state index contributed by atoms with van der Waals surface area (Å²) in [6, 6.07) is 0. The van der Waals surface area contributed by atoms with Crippen LogP contribution in [0.3, 0.4) is 0 Å². The minimum atomic E-state index is -0.356. The Balaban J connectivity index is 2.88. The van der Waals surface area contributed by atoms with E-state index in [1.807, 2.05) is 0 Å². The van der Waals surface area contributed by atoms with Crippen molar-refractivity contribution < 1.29 is 5.11 Å². The predicted molar refractivity (Wildman–Crippen MR) is 93.2 cm³/mol. The van der Waals surface area contributed by atoms with Crippen molar-refractivity contribution in [3.8, 4) is 0 Å². The molecule has 0 heterocycles. The molecule has 1 nitrogen and oxygen atoms in total. The summed E-state index contributed by atoms with van der Waals surface area (Å²) >= 11 is 0. The highest BCUT2D eigenvalue weighted by Crippen LogP contribution is 2.24. The Morgan fingerprint density at radius 3 is 2.52 bits per heavy atom. The molecule has 0 fully saturated rings. The van der Waals surface area contributed by atoms with Crippen molar-refractivity contribution in [2.75, 3.05) is 0 Å². The molecule has 1 rings (SSSR count). The maximum absolute atomic E-state index is 10.2. The van der Waals surface area contributed by atoms with Gasteiger partial charge in [0.15, 0.2) is 0 Å². The minimum Gasteiger partial charge on any atom is -0.389 e. The molecule has 21 heavy (non-hydrogen) atoms. The summed E-state index contributed by atoms with van der Waals surface area (Å²) in [5.41, 5.74) is 3.68. The molecule has 0 aromatic rings. The van der Waals surface area contributed by atoms with Crippen molar-refractivity contribution in [2.24, 2.45) is 11.8 Å². The highest BCUT2D eigenvalue weighted by atomic mass is 16.3. The number of aliphatic hydroxyl groups is 1. The van der Waals surface area contributed by atoms with Gasteiger partial charge < -0.3 is 5.11 Å². The average Bonchev–Trinajstić information content (AvgIpc) is 2.43. The number of hydrogen-bond acceptors (Lipinski definition) is 1. The van der Waals surface area contributed by atoms with Crippen molar-refractivity contribution in [3.05, 3.63) is 47.6 Å². The molecule has 1 N–H and O–H groups in total. The summed E-state index contributed by atoms with van der Waals surface area (Å²) in [4.78, 5) is 0. The van der Waals surface area contributed by atoms with Gasteiger partial charge >= 0.3 is 0 Å². The van der Waals surface area contributed by atoms with Crippen LogP contribution in [0.4, 0.5) is 0 Å². The highest BCUT2D eigenvalue weighted by molar-refractivity contribution is 5.19. The SMILES string of the molecule is C=C1CC[C@@H](C(C)C)/C=C/C(C)=C\C/C=C(\C)CC[C@@H]1O. The molecular weight excluding hydrogens is 256 g/mol. The Morgan fingerprint density at radius 1 is 1.14 bits per heavy atom. The van der Waals surface area contributed by atoms with E-state index < -0.39 is 0 Å². The van der Waals surface area contributed by atoms with E-state index >= 15 is 0 Å². The second kappa shape index (κ2) is 9.04. The summed E-state index contributed by atoms with van der Waals surface area (Å²) in [7, 11) is 0. The number of aliphatic hydroxyl groups excluding tert-OH is 1. The van der Waals surface area contributed by atoms with Crippen LogP contribution in [0.1, 0.15) is 59.8 Å². The molecule has 0 radical (unpaired) electrons. The van der Waals surface area contributed by atoms with Crippen molar-refractivity contribution in [1.82, 2.24) is 0 Å². The van der Waals surface area contributed by atoms with Crippen LogP contribution >= 0.6 is 0 Å². The van der Waals surface area contributed by atoms with E-state index in [0.717, 1.165) is 37.7 Å². The third kappa shape index (κ3) is 6.95. The molecule has 0 aromatic carbocycles. The van der Waals surface area contributed by atoms with Crippen LogP contribution in [0, 0.1) is 11.8 Å². The Hall–Kier alpha value is -1.08. The molecule has 0 saturated carbocycles. The predicted octanol–water partition coefficient (Wildman–Crippen LogP) is 5.59. The average molecular weight is 288 g/mol. The van der Waals surface area contributed by atoms with Crippen LogP contribution in [0.2, 0.25) is 0 Å². The maximum atomic E-state index is 10.2. The van der Waals surface area contributed by atoms with E-state index in [1.165, 1.54) is 11.1 Å². The van der Waals surface area contributed by atoms with Crippen molar-refractivity contribution in [3.63, 3.8) is 0 Å². The molecule has 1 heteroatoms.